The molecule has 1 atom stereocenters. The molecule has 1 N–H and O–H groups in total. The third kappa shape index (κ3) is 4.94. The number of benzene rings is 1. The van der Waals surface area contributed by atoms with Crippen LogP contribution < -0.4 is 5.32 Å². The summed E-state index contributed by atoms with van der Waals surface area (Å²) in [6, 6.07) is 11.7. The normalized spacial score (nSPS) is 12.6. The quantitative estimate of drug-likeness (QED) is 0.666. The SMILES string of the molecule is CCCNC(Cc1ccc(CC)s1)c1cc(C)cc(Br)c1. The van der Waals surface area contributed by atoms with Gasteiger partial charge in [0.25, 0.3) is 0 Å². The van der Waals surface area contributed by atoms with E-state index in [9.17, 15) is 0 Å². The summed E-state index contributed by atoms with van der Waals surface area (Å²) < 4.78 is 1.17. The molecular weight excluding hydrogens is 342 g/mol. The number of aryl methyl sites for hydroxylation is 2. The van der Waals surface area contributed by atoms with E-state index in [2.05, 4.69) is 72.3 Å². The fraction of sp³-hybridized carbons (Fsp3) is 0.444. The Balaban J connectivity index is 2.20. The largest absolute Gasteiger partial charge is 0.310 e. The molecule has 21 heavy (non-hydrogen) atoms. The van der Waals surface area contributed by atoms with Crippen LogP contribution in [0.4, 0.5) is 0 Å². The van der Waals surface area contributed by atoms with Gasteiger partial charge in [0.2, 0.25) is 0 Å². The van der Waals surface area contributed by atoms with Gasteiger partial charge < -0.3 is 5.32 Å². The summed E-state index contributed by atoms with van der Waals surface area (Å²) >= 11 is 5.57. The lowest BCUT2D eigenvalue weighted by atomic mass is 10.0. The average molecular weight is 366 g/mol. The summed E-state index contributed by atoms with van der Waals surface area (Å²) in [5.41, 5.74) is 2.69. The van der Waals surface area contributed by atoms with E-state index < -0.39 is 0 Å². The molecule has 1 aromatic heterocycles. The Labute approximate surface area is 140 Å². The Morgan fingerprint density at radius 1 is 1.14 bits per heavy atom. The van der Waals surface area contributed by atoms with Crippen molar-refractivity contribution in [3.05, 3.63) is 55.7 Å². The minimum atomic E-state index is 0.393. The number of rotatable bonds is 7. The van der Waals surface area contributed by atoms with Gasteiger partial charge in [-0.05, 0) is 61.7 Å². The Morgan fingerprint density at radius 2 is 1.90 bits per heavy atom. The molecule has 1 nitrogen and oxygen atoms in total. The highest BCUT2D eigenvalue weighted by atomic mass is 79.9. The van der Waals surface area contributed by atoms with Gasteiger partial charge in [-0.15, -0.1) is 11.3 Å². The lowest BCUT2D eigenvalue weighted by Gasteiger charge is -2.19. The topological polar surface area (TPSA) is 12.0 Å². The molecule has 0 amide bonds. The van der Waals surface area contributed by atoms with E-state index in [4.69, 9.17) is 0 Å². The van der Waals surface area contributed by atoms with Crippen LogP contribution in [0.1, 0.15) is 47.2 Å². The molecule has 1 unspecified atom stereocenters. The van der Waals surface area contributed by atoms with Crippen molar-refractivity contribution in [3.63, 3.8) is 0 Å². The summed E-state index contributed by atoms with van der Waals surface area (Å²) in [4.78, 5) is 2.95. The van der Waals surface area contributed by atoms with E-state index in [1.165, 1.54) is 25.4 Å². The van der Waals surface area contributed by atoms with Crippen LogP contribution in [0.25, 0.3) is 0 Å². The molecule has 0 saturated heterocycles. The van der Waals surface area contributed by atoms with E-state index in [1.54, 1.807) is 0 Å². The molecule has 0 saturated carbocycles. The van der Waals surface area contributed by atoms with E-state index in [0.29, 0.717) is 6.04 Å². The van der Waals surface area contributed by atoms with Crippen LogP contribution in [0.2, 0.25) is 0 Å². The molecule has 2 rings (SSSR count). The highest BCUT2D eigenvalue weighted by Crippen LogP contribution is 2.27. The van der Waals surface area contributed by atoms with Gasteiger partial charge in [0.05, 0.1) is 0 Å². The van der Waals surface area contributed by atoms with Crippen molar-refractivity contribution in [3.8, 4) is 0 Å². The zero-order chi connectivity index (χ0) is 15.2. The maximum atomic E-state index is 3.70. The number of halogens is 1. The molecule has 0 fully saturated rings. The molecule has 3 heteroatoms. The smallest absolute Gasteiger partial charge is 0.0369 e. The van der Waals surface area contributed by atoms with Gasteiger partial charge in [0.15, 0.2) is 0 Å². The van der Waals surface area contributed by atoms with Gasteiger partial charge in [0, 0.05) is 26.7 Å². The van der Waals surface area contributed by atoms with E-state index in [-0.39, 0.29) is 0 Å². The first-order valence-corrected chi connectivity index (χ1v) is 9.31. The van der Waals surface area contributed by atoms with Crippen LogP contribution in [-0.2, 0) is 12.8 Å². The summed E-state index contributed by atoms with van der Waals surface area (Å²) in [5.74, 6) is 0. The van der Waals surface area contributed by atoms with Crippen LogP contribution in [0, 0.1) is 6.92 Å². The van der Waals surface area contributed by atoms with Crippen molar-refractivity contribution < 1.29 is 0 Å². The van der Waals surface area contributed by atoms with Crippen molar-refractivity contribution in [1.29, 1.82) is 0 Å². The molecule has 114 valence electrons. The number of hydrogen-bond acceptors (Lipinski definition) is 2. The predicted molar refractivity (Wildman–Crippen MR) is 97.3 cm³/mol. The monoisotopic (exact) mass is 365 g/mol. The Hall–Kier alpha value is -0.640. The molecule has 2 aromatic rings. The number of thiophene rings is 1. The first-order chi connectivity index (χ1) is 10.1. The average Bonchev–Trinajstić information content (AvgIpc) is 2.90. The van der Waals surface area contributed by atoms with Crippen molar-refractivity contribution in [1.82, 2.24) is 5.32 Å². The maximum Gasteiger partial charge on any atom is 0.0369 e. The molecule has 0 radical (unpaired) electrons. The van der Waals surface area contributed by atoms with Crippen LogP contribution >= 0.6 is 27.3 Å². The molecule has 0 spiro atoms. The Kier molecular flexibility index (Phi) is 6.46. The minimum absolute atomic E-state index is 0.393. The zero-order valence-electron chi connectivity index (χ0n) is 13.1. The Morgan fingerprint density at radius 3 is 2.52 bits per heavy atom. The summed E-state index contributed by atoms with van der Waals surface area (Å²) in [5, 5.41) is 3.70. The van der Waals surface area contributed by atoms with E-state index >= 15 is 0 Å². The second kappa shape index (κ2) is 8.11. The summed E-state index contributed by atoms with van der Waals surface area (Å²) in [7, 11) is 0. The predicted octanol–water partition coefficient (Wildman–Crippen LogP) is 5.66. The van der Waals surface area contributed by atoms with Gasteiger partial charge in [-0.1, -0.05) is 35.8 Å². The van der Waals surface area contributed by atoms with Gasteiger partial charge in [-0.25, -0.2) is 0 Å². The molecule has 1 heterocycles. The minimum Gasteiger partial charge on any atom is -0.310 e. The number of hydrogen-bond donors (Lipinski definition) is 1. The second-order valence-corrected chi connectivity index (χ2v) is 7.66. The first-order valence-electron chi connectivity index (χ1n) is 7.70. The van der Waals surface area contributed by atoms with Crippen LogP contribution in [0.5, 0.6) is 0 Å². The van der Waals surface area contributed by atoms with Crippen LogP contribution in [-0.4, -0.2) is 6.54 Å². The zero-order valence-corrected chi connectivity index (χ0v) is 15.5. The van der Waals surface area contributed by atoms with Crippen LogP contribution in [0.3, 0.4) is 0 Å². The van der Waals surface area contributed by atoms with Crippen LogP contribution in [0.15, 0.2) is 34.8 Å². The van der Waals surface area contributed by atoms with Crippen molar-refractivity contribution >= 4 is 27.3 Å². The van der Waals surface area contributed by atoms with Crippen molar-refractivity contribution in [2.24, 2.45) is 0 Å². The lowest BCUT2D eigenvalue weighted by molar-refractivity contribution is 0.532. The third-order valence-corrected chi connectivity index (χ3v) is 5.29. The van der Waals surface area contributed by atoms with E-state index in [0.717, 1.165) is 25.8 Å². The van der Waals surface area contributed by atoms with Gasteiger partial charge in [-0.2, -0.15) is 0 Å². The molecule has 0 bridgehead atoms. The summed E-state index contributed by atoms with van der Waals surface area (Å²) in [6.45, 7) is 7.66. The summed E-state index contributed by atoms with van der Waals surface area (Å²) in [6.07, 6.45) is 3.36. The van der Waals surface area contributed by atoms with E-state index in [1.807, 2.05) is 11.3 Å². The third-order valence-electron chi connectivity index (χ3n) is 3.58. The van der Waals surface area contributed by atoms with Gasteiger partial charge in [0.1, 0.15) is 0 Å². The molecule has 0 aliphatic rings. The second-order valence-electron chi connectivity index (χ2n) is 5.49. The van der Waals surface area contributed by atoms with Crippen molar-refractivity contribution in [2.45, 2.75) is 46.1 Å². The fourth-order valence-electron chi connectivity index (χ4n) is 2.52. The molecule has 1 aromatic carbocycles. The molecule has 0 aliphatic heterocycles. The number of nitrogens with one attached hydrogen (secondary N) is 1. The molecular formula is C18H24BrNS. The van der Waals surface area contributed by atoms with Gasteiger partial charge in [-0.3, -0.25) is 0 Å². The van der Waals surface area contributed by atoms with Gasteiger partial charge >= 0.3 is 0 Å². The lowest BCUT2D eigenvalue weighted by Crippen LogP contribution is -2.24. The highest BCUT2D eigenvalue weighted by molar-refractivity contribution is 9.10. The van der Waals surface area contributed by atoms with Crippen molar-refractivity contribution in [2.75, 3.05) is 6.54 Å². The highest BCUT2D eigenvalue weighted by Gasteiger charge is 2.14. The first kappa shape index (κ1) is 16.7. The fourth-order valence-corrected chi connectivity index (χ4v) is 4.14. The maximum absolute atomic E-state index is 3.70. The standard InChI is InChI=1S/C18H24BrNS/c1-4-8-20-18(12-17-7-6-16(5-2)21-17)14-9-13(3)10-15(19)11-14/h6-7,9-11,18,20H,4-5,8,12H2,1-3H3. The Bertz CT molecular complexity index is 556. The molecule has 0 aliphatic carbocycles.